The number of hydrogen-bond donors (Lipinski definition) is 0. The molecule has 0 aromatic heterocycles. The number of rotatable bonds is 8. The monoisotopic (exact) mass is 263 g/mol. The maximum Gasteiger partial charge on any atom is 0.347 e. The molecule has 0 N–H and O–H groups in total. The zero-order valence-corrected chi connectivity index (χ0v) is 12.8. The van der Waals surface area contributed by atoms with Gasteiger partial charge in [0.15, 0.2) is 8.32 Å². The molecule has 0 aliphatic rings. The molecule has 7 heteroatoms. The van der Waals surface area contributed by atoms with Crippen LogP contribution in [0.5, 0.6) is 0 Å². The molecule has 0 aromatic carbocycles. The van der Waals surface area contributed by atoms with Crippen LogP contribution in [0.25, 0.3) is 0 Å². The standard InChI is InChI=1S/C9H21NO4Si2/c1-12-15(13-2)9(10-8-11)6-7-14-16(3,4)5/h9,15H,6-7H2,1-5H3. The molecule has 0 bridgehead atoms. The second kappa shape index (κ2) is 7.88. The number of hydrogen-bond acceptors (Lipinski definition) is 5. The van der Waals surface area contributed by atoms with E-state index in [1.807, 2.05) is 0 Å². The highest BCUT2D eigenvalue weighted by Crippen LogP contribution is 2.08. The van der Waals surface area contributed by atoms with Crippen molar-refractivity contribution in [1.29, 1.82) is 0 Å². The fourth-order valence-electron chi connectivity index (χ4n) is 1.23. The molecule has 16 heavy (non-hydrogen) atoms. The first-order chi connectivity index (χ1) is 7.44. The van der Waals surface area contributed by atoms with Crippen molar-refractivity contribution in [2.75, 3.05) is 20.8 Å². The lowest BCUT2D eigenvalue weighted by atomic mass is 10.4. The van der Waals surface area contributed by atoms with E-state index in [9.17, 15) is 4.79 Å². The van der Waals surface area contributed by atoms with Gasteiger partial charge in [0.1, 0.15) is 5.67 Å². The van der Waals surface area contributed by atoms with Crippen molar-refractivity contribution < 1.29 is 18.1 Å². The minimum atomic E-state index is -1.90. The van der Waals surface area contributed by atoms with E-state index in [4.69, 9.17) is 13.3 Å². The Bertz CT molecular complexity index is 234. The molecule has 0 fully saturated rings. The fourth-order valence-corrected chi connectivity index (χ4v) is 3.37. The van der Waals surface area contributed by atoms with E-state index < -0.39 is 17.6 Å². The lowest BCUT2D eigenvalue weighted by molar-refractivity contribution is 0.248. The van der Waals surface area contributed by atoms with Crippen LogP contribution in [0.3, 0.4) is 0 Å². The first kappa shape index (κ1) is 15.7. The van der Waals surface area contributed by atoms with E-state index in [1.54, 1.807) is 20.3 Å². The molecule has 94 valence electrons. The molecule has 0 saturated carbocycles. The Balaban J connectivity index is 4.18. The normalized spacial score (nSPS) is 13.6. The van der Waals surface area contributed by atoms with Crippen LogP contribution >= 0.6 is 0 Å². The molecule has 0 aromatic rings. The van der Waals surface area contributed by atoms with Gasteiger partial charge in [-0.25, -0.2) is 9.79 Å². The third-order valence-corrected chi connectivity index (χ3v) is 5.06. The summed E-state index contributed by atoms with van der Waals surface area (Å²) in [6, 6.07) is 0. The number of aliphatic imine (C=N–C) groups is 1. The summed E-state index contributed by atoms with van der Waals surface area (Å²) in [6.45, 7) is 6.94. The van der Waals surface area contributed by atoms with Crippen LogP contribution in [-0.4, -0.2) is 50.2 Å². The van der Waals surface area contributed by atoms with Crippen LogP contribution in [0.1, 0.15) is 6.42 Å². The second-order valence-corrected chi connectivity index (χ2v) is 11.3. The van der Waals surface area contributed by atoms with Crippen molar-refractivity contribution >= 4 is 23.7 Å². The number of nitrogens with zero attached hydrogens (tertiary/aromatic N) is 1. The van der Waals surface area contributed by atoms with Crippen molar-refractivity contribution in [2.45, 2.75) is 31.7 Å². The highest BCUT2D eigenvalue weighted by atomic mass is 28.4. The van der Waals surface area contributed by atoms with E-state index >= 15 is 0 Å². The molecule has 0 rings (SSSR count). The van der Waals surface area contributed by atoms with Crippen molar-refractivity contribution in [1.82, 2.24) is 0 Å². The summed E-state index contributed by atoms with van der Waals surface area (Å²) in [6.07, 6.45) is 2.22. The highest BCUT2D eigenvalue weighted by molar-refractivity contribution is 6.69. The summed E-state index contributed by atoms with van der Waals surface area (Å²) in [4.78, 5) is 14.0. The van der Waals surface area contributed by atoms with Crippen LogP contribution in [-0.2, 0) is 18.1 Å². The summed E-state index contributed by atoms with van der Waals surface area (Å²) >= 11 is 0. The van der Waals surface area contributed by atoms with Crippen LogP contribution < -0.4 is 0 Å². The van der Waals surface area contributed by atoms with E-state index in [2.05, 4.69) is 24.6 Å². The Morgan fingerprint density at radius 1 is 1.31 bits per heavy atom. The Labute approximate surface area is 99.8 Å². The molecular weight excluding hydrogens is 242 g/mol. The van der Waals surface area contributed by atoms with Gasteiger partial charge in [-0.15, -0.1) is 0 Å². The minimum absolute atomic E-state index is 0.219. The van der Waals surface area contributed by atoms with Crippen LogP contribution in [0.15, 0.2) is 4.99 Å². The average Bonchev–Trinajstić information content (AvgIpc) is 2.17. The largest absolute Gasteiger partial charge is 0.418 e. The Morgan fingerprint density at radius 2 is 1.88 bits per heavy atom. The van der Waals surface area contributed by atoms with Crippen molar-refractivity contribution in [3.63, 3.8) is 0 Å². The summed E-state index contributed by atoms with van der Waals surface area (Å²) in [5.74, 6) is 0. The molecule has 0 spiro atoms. The molecule has 1 unspecified atom stereocenters. The summed E-state index contributed by atoms with van der Waals surface area (Å²) in [5.41, 5.74) is -0.219. The van der Waals surface area contributed by atoms with Gasteiger partial charge in [0.05, 0.1) is 0 Å². The number of isocyanates is 1. The zero-order valence-electron chi connectivity index (χ0n) is 10.6. The smallest absolute Gasteiger partial charge is 0.347 e. The van der Waals surface area contributed by atoms with Crippen molar-refractivity contribution in [3.8, 4) is 0 Å². The minimum Gasteiger partial charge on any atom is -0.418 e. The molecular formula is C9H21NO4Si2. The van der Waals surface area contributed by atoms with Gasteiger partial charge in [0, 0.05) is 20.8 Å². The molecule has 0 aliphatic heterocycles. The van der Waals surface area contributed by atoms with E-state index in [0.29, 0.717) is 13.0 Å². The Morgan fingerprint density at radius 3 is 2.25 bits per heavy atom. The fraction of sp³-hybridized carbons (Fsp3) is 0.889. The van der Waals surface area contributed by atoms with Gasteiger partial charge in [0.2, 0.25) is 6.08 Å². The summed E-state index contributed by atoms with van der Waals surface area (Å²) < 4.78 is 16.1. The summed E-state index contributed by atoms with van der Waals surface area (Å²) in [7, 11) is -0.260. The highest BCUT2D eigenvalue weighted by Gasteiger charge is 2.25. The maximum atomic E-state index is 10.3. The molecule has 0 amide bonds. The van der Waals surface area contributed by atoms with Gasteiger partial charge < -0.3 is 13.3 Å². The Hall–Kier alpha value is -0.306. The topological polar surface area (TPSA) is 57.1 Å². The maximum absolute atomic E-state index is 10.3. The van der Waals surface area contributed by atoms with Crippen LogP contribution in [0.4, 0.5) is 0 Å². The predicted molar refractivity (Wildman–Crippen MR) is 67.0 cm³/mol. The first-order valence-electron chi connectivity index (χ1n) is 5.21. The van der Waals surface area contributed by atoms with Gasteiger partial charge in [0.25, 0.3) is 0 Å². The van der Waals surface area contributed by atoms with Gasteiger partial charge in [-0.1, -0.05) is 0 Å². The predicted octanol–water partition coefficient (Wildman–Crippen LogP) is 0.985. The van der Waals surface area contributed by atoms with E-state index in [1.165, 1.54) is 0 Å². The molecule has 0 heterocycles. The van der Waals surface area contributed by atoms with Crippen LogP contribution in [0.2, 0.25) is 19.6 Å². The second-order valence-electron chi connectivity index (χ2n) is 4.38. The first-order valence-corrected chi connectivity index (χ1v) is 10.2. The van der Waals surface area contributed by atoms with Gasteiger partial charge in [-0.05, 0) is 26.1 Å². The summed E-state index contributed by atoms with van der Waals surface area (Å²) in [5, 5.41) is 0. The van der Waals surface area contributed by atoms with E-state index in [0.717, 1.165) is 0 Å². The average molecular weight is 263 g/mol. The molecule has 0 saturated heterocycles. The number of carbonyl (C=O) groups excluding carboxylic acids is 1. The SMILES string of the molecule is CO[SiH](OC)C(CCO[Si](C)(C)C)N=C=O. The quantitative estimate of drug-likeness (QED) is 0.372. The van der Waals surface area contributed by atoms with Gasteiger partial charge in [-0.3, -0.25) is 0 Å². The van der Waals surface area contributed by atoms with Crippen molar-refractivity contribution in [3.05, 3.63) is 0 Å². The third-order valence-electron chi connectivity index (χ3n) is 1.95. The van der Waals surface area contributed by atoms with E-state index in [-0.39, 0.29) is 5.67 Å². The molecule has 0 radical (unpaired) electrons. The molecule has 0 aliphatic carbocycles. The Kier molecular flexibility index (Phi) is 7.73. The lowest BCUT2D eigenvalue weighted by Gasteiger charge is -2.21. The third kappa shape index (κ3) is 7.05. The zero-order chi connectivity index (χ0) is 12.6. The van der Waals surface area contributed by atoms with Crippen molar-refractivity contribution in [2.24, 2.45) is 4.99 Å². The molecule has 5 nitrogen and oxygen atoms in total. The van der Waals surface area contributed by atoms with Gasteiger partial charge >= 0.3 is 9.28 Å². The van der Waals surface area contributed by atoms with Gasteiger partial charge in [-0.2, -0.15) is 0 Å². The lowest BCUT2D eigenvalue weighted by Crippen LogP contribution is -2.36. The molecule has 1 atom stereocenters. The van der Waals surface area contributed by atoms with Crippen LogP contribution in [0, 0.1) is 0 Å².